The van der Waals surface area contributed by atoms with Gasteiger partial charge in [0.05, 0.1) is 5.69 Å². The minimum absolute atomic E-state index is 0.209. The van der Waals surface area contributed by atoms with Crippen LogP contribution in [0.15, 0.2) is 58.0 Å². The lowest BCUT2D eigenvalue weighted by atomic mass is 10.1. The molecule has 0 atom stereocenters. The van der Waals surface area contributed by atoms with Crippen molar-refractivity contribution in [2.45, 2.75) is 33.7 Å². The van der Waals surface area contributed by atoms with Gasteiger partial charge in [-0.15, -0.1) is 11.3 Å². The van der Waals surface area contributed by atoms with Crippen molar-refractivity contribution >= 4 is 33.2 Å². The third kappa shape index (κ3) is 3.89. The molecule has 134 valence electrons. The van der Waals surface area contributed by atoms with Gasteiger partial charge in [-0.25, -0.2) is 0 Å². The number of carbonyl (C=O) groups excluding carboxylic acids is 1. The van der Waals surface area contributed by atoms with Crippen molar-refractivity contribution in [3.8, 4) is 11.3 Å². The minimum atomic E-state index is -0.209. The molecule has 5 heteroatoms. The van der Waals surface area contributed by atoms with Crippen LogP contribution in [-0.2, 0) is 13.0 Å². The van der Waals surface area contributed by atoms with E-state index in [-0.39, 0.29) is 5.91 Å². The summed E-state index contributed by atoms with van der Waals surface area (Å²) in [4.78, 5) is 19.0. The summed E-state index contributed by atoms with van der Waals surface area (Å²) in [6.45, 7) is 7.09. The highest BCUT2D eigenvalue weighted by molar-refractivity contribution is 9.10. The number of nitrogens with zero attached hydrogens (tertiary/aromatic N) is 2. The molecule has 0 bridgehead atoms. The summed E-state index contributed by atoms with van der Waals surface area (Å²) < 4.78 is 3.09. The van der Waals surface area contributed by atoms with Gasteiger partial charge in [0.1, 0.15) is 0 Å². The van der Waals surface area contributed by atoms with Gasteiger partial charge in [0, 0.05) is 21.5 Å². The van der Waals surface area contributed by atoms with Crippen molar-refractivity contribution < 1.29 is 4.79 Å². The minimum Gasteiger partial charge on any atom is -0.316 e. The summed E-state index contributed by atoms with van der Waals surface area (Å²) in [7, 11) is 0. The predicted octanol–water partition coefficient (Wildman–Crippen LogP) is 5.61. The molecule has 0 aliphatic carbocycles. The number of aromatic nitrogens is 1. The molecule has 2 aromatic carbocycles. The Morgan fingerprint density at radius 3 is 2.31 bits per heavy atom. The quantitative estimate of drug-likeness (QED) is 0.531. The van der Waals surface area contributed by atoms with Crippen LogP contribution in [0.2, 0.25) is 0 Å². The Hall–Kier alpha value is -1.98. The van der Waals surface area contributed by atoms with Gasteiger partial charge in [-0.1, -0.05) is 52.7 Å². The molecule has 0 saturated carbocycles. The highest BCUT2D eigenvalue weighted by Gasteiger charge is 2.14. The Labute approximate surface area is 166 Å². The van der Waals surface area contributed by atoms with Gasteiger partial charge in [-0.3, -0.25) is 4.79 Å². The lowest BCUT2D eigenvalue weighted by Gasteiger charge is -2.09. The molecule has 3 aromatic rings. The van der Waals surface area contributed by atoms with E-state index in [9.17, 15) is 4.79 Å². The van der Waals surface area contributed by atoms with E-state index in [1.807, 2.05) is 12.1 Å². The van der Waals surface area contributed by atoms with Gasteiger partial charge < -0.3 is 4.57 Å². The van der Waals surface area contributed by atoms with E-state index in [2.05, 4.69) is 70.5 Å². The Balaban J connectivity index is 2.12. The highest BCUT2D eigenvalue weighted by atomic mass is 79.9. The summed E-state index contributed by atoms with van der Waals surface area (Å²) in [5.74, 6) is -0.209. The van der Waals surface area contributed by atoms with Crippen molar-refractivity contribution in [2.75, 3.05) is 0 Å². The lowest BCUT2D eigenvalue weighted by Crippen LogP contribution is -2.17. The molecule has 0 saturated heterocycles. The molecule has 0 unspecified atom stereocenters. The third-order valence-corrected chi connectivity index (χ3v) is 5.98. The Morgan fingerprint density at radius 2 is 1.73 bits per heavy atom. The number of hydrogen-bond acceptors (Lipinski definition) is 2. The topological polar surface area (TPSA) is 34.4 Å². The third-order valence-electron chi connectivity index (χ3n) is 4.23. The smallest absolute Gasteiger partial charge is 0.279 e. The SMILES string of the molecule is CCc1sc(=NC(=O)c2ccc(Br)cc2)n(CC)c1-c1ccc(C)cc1. The fourth-order valence-electron chi connectivity index (χ4n) is 2.85. The number of hydrogen-bond donors (Lipinski definition) is 0. The van der Waals surface area contributed by atoms with Crippen molar-refractivity contribution in [1.29, 1.82) is 0 Å². The standard InChI is InChI=1S/C21H21BrN2OS/c1-4-18-19(15-8-6-14(3)7-9-15)24(5-2)21(26-18)23-20(25)16-10-12-17(22)13-11-16/h6-13H,4-5H2,1-3H3. The predicted molar refractivity (Wildman–Crippen MR) is 112 cm³/mol. The first-order valence-electron chi connectivity index (χ1n) is 8.67. The second kappa shape index (κ2) is 8.14. The largest absolute Gasteiger partial charge is 0.316 e. The normalized spacial score (nSPS) is 11.8. The molecule has 0 spiro atoms. The number of aryl methyl sites for hydroxylation is 2. The van der Waals surface area contributed by atoms with Crippen molar-refractivity contribution in [1.82, 2.24) is 4.57 Å². The number of thiazole rings is 1. The Bertz CT molecular complexity index is 982. The zero-order valence-corrected chi connectivity index (χ0v) is 17.5. The summed E-state index contributed by atoms with van der Waals surface area (Å²) >= 11 is 5.00. The molecule has 3 nitrogen and oxygen atoms in total. The van der Waals surface area contributed by atoms with Crippen molar-refractivity contribution in [3.05, 3.63) is 73.8 Å². The first-order valence-corrected chi connectivity index (χ1v) is 10.3. The number of amides is 1. The number of rotatable bonds is 4. The van der Waals surface area contributed by atoms with Crippen molar-refractivity contribution in [2.24, 2.45) is 4.99 Å². The van der Waals surface area contributed by atoms with Gasteiger partial charge in [0.2, 0.25) is 0 Å². The van der Waals surface area contributed by atoms with E-state index < -0.39 is 0 Å². The van der Waals surface area contributed by atoms with Gasteiger partial charge in [-0.05, 0) is 50.1 Å². The molecular weight excluding hydrogens is 408 g/mol. The number of benzene rings is 2. The summed E-state index contributed by atoms with van der Waals surface area (Å²) in [6, 6.07) is 15.8. The zero-order chi connectivity index (χ0) is 18.7. The van der Waals surface area contributed by atoms with E-state index in [4.69, 9.17) is 0 Å². The maximum Gasteiger partial charge on any atom is 0.279 e. The van der Waals surface area contributed by atoms with Crippen LogP contribution in [0.4, 0.5) is 0 Å². The number of carbonyl (C=O) groups is 1. The van der Waals surface area contributed by atoms with Crippen LogP contribution in [0.1, 0.15) is 34.6 Å². The summed E-state index contributed by atoms with van der Waals surface area (Å²) in [5.41, 5.74) is 4.17. The van der Waals surface area contributed by atoms with E-state index >= 15 is 0 Å². The maximum atomic E-state index is 12.6. The Kier molecular flexibility index (Phi) is 5.89. The van der Waals surface area contributed by atoms with Crippen LogP contribution < -0.4 is 4.80 Å². The molecule has 3 rings (SSSR count). The van der Waals surface area contributed by atoms with Crippen LogP contribution in [0.5, 0.6) is 0 Å². The van der Waals surface area contributed by atoms with Crippen molar-refractivity contribution in [3.63, 3.8) is 0 Å². The molecule has 1 aromatic heterocycles. The summed E-state index contributed by atoms with van der Waals surface area (Å²) in [5, 5.41) is 0. The van der Waals surface area contributed by atoms with E-state index in [1.54, 1.807) is 23.5 Å². The average Bonchev–Trinajstić information content (AvgIpc) is 3.00. The summed E-state index contributed by atoms with van der Waals surface area (Å²) in [6.07, 6.45) is 0.913. The fraction of sp³-hybridized carbons (Fsp3) is 0.238. The maximum absolute atomic E-state index is 12.6. The van der Waals surface area contributed by atoms with Crippen LogP contribution in [0.3, 0.4) is 0 Å². The van der Waals surface area contributed by atoms with E-state index in [1.165, 1.54) is 21.7 Å². The van der Waals surface area contributed by atoms with E-state index in [0.29, 0.717) is 5.56 Å². The average molecular weight is 429 g/mol. The second-order valence-electron chi connectivity index (χ2n) is 6.04. The molecule has 0 fully saturated rings. The first-order chi connectivity index (χ1) is 12.5. The lowest BCUT2D eigenvalue weighted by molar-refractivity contribution is 0.0998. The van der Waals surface area contributed by atoms with Gasteiger partial charge in [0.25, 0.3) is 5.91 Å². The van der Waals surface area contributed by atoms with Crippen LogP contribution in [0, 0.1) is 6.92 Å². The van der Waals surface area contributed by atoms with Gasteiger partial charge in [0.15, 0.2) is 4.80 Å². The second-order valence-corrected chi connectivity index (χ2v) is 8.02. The molecular formula is C21H21BrN2OS. The van der Waals surface area contributed by atoms with Crippen LogP contribution in [-0.4, -0.2) is 10.5 Å². The molecule has 26 heavy (non-hydrogen) atoms. The van der Waals surface area contributed by atoms with E-state index in [0.717, 1.165) is 22.2 Å². The highest BCUT2D eigenvalue weighted by Crippen LogP contribution is 2.27. The zero-order valence-electron chi connectivity index (χ0n) is 15.1. The van der Waals surface area contributed by atoms with Crippen LogP contribution >= 0.6 is 27.3 Å². The Morgan fingerprint density at radius 1 is 1.08 bits per heavy atom. The molecule has 1 amide bonds. The molecule has 1 heterocycles. The monoisotopic (exact) mass is 428 g/mol. The molecule has 0 radical (unpaired) electrons. The van der Waals surface area contributed by atoms with Gasteiger partial charge >= 0.3 is 0 Å². The molecule has 0 aliphatic heterocycles. The van der Waals surface area contributed by atoms with Gasteiger partial charge in [-0.2, -0.15) is 4.99 Å². The fourth-order valence-corrected chi connectivity index (χ4v) is 4.26. The molecule has 0 N–H and O–H groups in total. The first kappa shape index (κ1) is 18.8. The number of halogens is 1. The molecule has 0 aliphatic rings. The van der Waals surface area contributed by atoms with Crippen LogP contribution in [0.25, 0.3) is 11.3 Å².